The Labute approximate surface area is 222 Å². The van der Waals surface area contributed by atoms with E-state index >= 15 is 0 Å². The number of nitrogens with zero attached hydrogens (tertiary/aromatic N) is 1. The van der Waals surface area contributed by atoms with Gasteiger partial charge >= 0.3 is 0 Å². The van der Waals surface area contributed by atoms with E-state index in [0.29, 0.717) is 0 Å². The molecule has 0 spiro atoms. The van der Waals surface area contributed by atoms with Gasteiger partial charge in [-0.1, -0.05) is 99.0 Å². The summed E-state index contributed by atoms with van der Waals surface area (Å²) in [6.45, 7) is 8.82. The maximum atomic E-state index is 5.30. The Hall–Kier alpha value is -3.71. The molecule has 0 aliphatic heterocycles. The van der Waals surface area contributed by atoms with Gasteiger partial charge in [-0.3, -0.25) is 0 Å². The lowest BCUT2D eigenvalue weighted by molar-refractivity contribution is 0.667. The van der Waals surface area contributed by atoms with Crippen LogP contribution in [0.5, 0.6) is 0 Å². The molecule has 5 rings (SSSR count). The summed E-state index contributed by atoms with van der Waals surface area (Å²) in [6, 6.07) is 33.4. The fourth-order valence-corrected chi connectivity index (χ4v) is 5.44. The molecule has 1 heterocycles. The van der Waals surface area contributed by atoms with Crippen LogP contribution in [0, 0.1) is 20.8 Å². The number of rotatable bonds is 8. The van der Waals surface area contributed by atoms with Crippen molar-refractivity contribution in [3.63, 3.8) is 0 Å². The number of unbranched alkanes of at least 4 members (excludes halogenated alkanes) is 3. The second-order valence-corrected chi connectivity index (χ2v) is 10.4. The fourth-order valence-electron chi connectivity index (χ4n) is 5.44. The topological polar surface area (TPSA) is 12.9 Å². The first-order valence-corrected chi connectivity index (χ1v) is 13.7. The van der Waals surface area contributed by atoms with Crippen LogP contribution in [-0.2, 0) is 6.42 Å². The van der Waals surface area contributed by atoms with Gasteiger partial charge in [-0.25, -0.2) is 4.98 Å². The van der Waals surface area contributed by atoms with Gasteiger partial charge in [0.05, 0.1) is 11.4 Å². The molecule has 0 unspecified atom stereocenters. The molecule has 0 saturated carbocycles. The number of fused-ring (bicyclic) bond motifs is 1. The van der Waals surface area contributed by atoms with Crippen molar-refractivity contribution in [2.75, 3.05) is 0 Å². The second kappa shape index (κ2) is 11.1. The lowest BCUT2D eigenvalue weighted by atomic mass is 9.93. The van der Waals surface area contributed by atoms with Crippen LogP contribution in [0.15, 0.2) is 91.0 Å². The molecule has 0 saturated heterocycles. The number of hydrogen-bond donors (Lipinski definition) is 0. The monoisotopic (exact) mass is 483 g/mol. The van der Waals surface area contributed by atoms with Crippen molar-refractivity contribution in [2.45, 2.75) is 59.8 Å². The molecule has 0 bridgehead atoms. The summed E-state index contributed by atoms with van der Waals surface area (Å²) < 4.78 is 0. The first-order valence-electron chi connectivity index (χ1n) is 13.7. The summed E-state index contributed by atoms with van der Waals surface area (Å²) in [5.41, 5.74) is 12.2. The van der Waals surface area contributed by atoms with E-state index < -0.39 is 0 Å². The van der Waals surface area contributed by atoms with Crippen molar-refractivity contribution >= 4 is 10.8 Å². The predicted molar refractivity (Wildman–Crippen MR) is 160 cm³/mol. The van der Waals surface area contributed by atoms with Gasteiger partial charge in [0, 0.05) is 16.5 Å². The molecule has 0 N–H and O–H groups in total. The van der Waals surface area contributed by atoms with E-state index in [-0.39, 0.29) is 0 Å². The van der Waals surface area contributed by atoms with Gasteiger partial charge < -0.3 is 0 Å². The highest BCUT2D eigenvalue weighted by Gasteiger charge is 2.14. The molecular formula is C36H37N. The number of aryl methyl sites for hydroxylation is 4. The first-order chi connectivity index (χ1) is 18.0. The maximum Gasteiger partial charge on any atom is 0.0793 e. The highest BCUT2D eigenvalue weighted by atomic mass is 14.7. The normalized spacial score (nSPS) is 11.2. The average Bonchev–Trinajstić information content (AvgIpc) is 2.91. The molecule has 0 amide bonds. The van der Waals surface area contributed by atoms with Crippen LogP contribution in [0.2, 0.25) is 0 Å². The highest BCUT2D eigenvalue weighted by molar-refractivity contribution is 5.98. The smallest absolute Gasteiger partial charge is 0.0793 e. The maximum absolute atomic E-state index is 5.30. The van der Waals surface area contributed by atoms with Gasteiger partial charge in [-0.2, -0.15) is 0 Å². The third-order valence-electron chi connectivity index (χ3n) is 7.44. The van der Waals surface area contributed by atoms with E-state index in [9.17, 15) is 0 Å². The quantitative estimate of drug-likeness (QED) is 0.200. The summed E-state index contributed by atoms with van der Waals surface area (Å²) in [5, 5.41) is 2.42. The molecule has 5 aromatic rings. The second-order valence-electron chi connectivity index (χ2n) is 10.4. The Kier molecular flexibility index (Phi) is 7.51. The summed E-state index contributed by atoms with van der Waals surface area (Å²) >= 11 is 0. The van der Waals surface area contributed by atoms with E-state index in [1.165, 1.54) is 81.8 Å². The lowest BCUT2D eigenvalue weighted by Crippen LogP contribution is -1.96. The highest BCUT2D eigenvalue weighted by Crippen LogP contribution is 2.36. The van der Waals surface area contributed by atoms with Gasteiger partial charge in [0.25, 0.3) is 0 Å². The van der Waals surface area contributed by atoms with Crippen molar-refractivity contribution in [3.05, 3.63) is 113 Å². The van der Waals surface area contributed by atoms with Gasteiger partial charge in [-0.15, -0.1) is 0 Å². The minimum Gasteiger partial charge on any atom is -0.247 e. The molecular weight excluding hydrogens is 446 g/mol. The number of benzene rings is 4. The van der Waals surface area contributed by atoms with Crippen molar-refractivity contribution in [1.29, 1.82) is 0 Å². The standard InChI is InChI=1S/C36H37N/c1-5-6-7-8-14-28-17-19-29(20-18-28)31-21-25(2)22-32(23-31)34-24-30-15-9-10-16-33(30)36(37-34)35-26(3)12-11-13-27(35)4/h9-13,15-24H,5-8,14H2,1-4H3. The predicted octanol–water partition coefficient (Wildman–Crippen LogP) is 10.3. The molecule has 1 aromatic heterocycles. The van der Waals surface area contributed by atoms with E-state index in [4.69, 9.17) is 4.98 Å². The van der Waals surface area contributed by atoms with E-state index in [1.807, 2.05) is 0 Å². The van der Waals surface area contributed by atoms with Gasteiger partial charge in [0.2, 0.25) is 0 Å². The Morgan fingerprint density at radius 1 is 0.622 bits per heavy atom. The lowest BCUT2D eigenvalue weighted by Gasteiger charge is -2.15. The van der Waals surface area contributed by atoms with Gasteiger partial charge in [0.1, 0.15) is 0 Å². The molecule has 0 aliphatic rings. The number of hydrogen-bond acceptors (Lipinski definition) is 1. The Morgan fingerprint density at radius 3 is 2.11 bits per heavy atom. The average molecular weight is 484 g/mol. The molecule has 0 atom stereocenters. The molecule has 186 valence electrons. The molecule has 0 fully saturated rings. The zero-order valence-corrected chi connectivity index (χ0v) is 22.6. The van der Waals surface area contributed by atoms with Crippen LogP contribution < -0.4 is 0 Å². The zero-order valence-electron chi connectivity index (χ0n) is 22.6. The van der Waals surface area contributed by atoms with Crippen LogP contribution in [0.3, 0.4) is 0 Å². The van der Waals surface area contributed by atoms with E-state index in [0.717, 1.165) is 17.0 Å². The summed E-state index contributed by atoms with van der Waals surface area (Å²) in [6.07, 6.45) is 6.38. The molecule has 0 aliphatic carbocycles. The van der Waals surface area contributed by atoms with Crippen molar-refractivity contribution in [3.8, 4) is 33.6 Å². The van der Waals surface area contributed by atoms with Crippen LogP contribution in [0.25, 0.3) is 44.4 Å². The van der Waals surface area contributed by atoms with Crippen molar-refractivity contribution in [1.82, 2.24) is 4.98 Å². The summed E-state index contributed by atoms with van der Waals surface area (Å²) in [7, 11) is 0. The Balaban J connectivity index is 1.55. The zero-order chi connectivity index (χ0) is 25.8. The van der Waals surface area contributed by atoms with Crippen molar-refractivity contribution in [2.24, 2.45) is 0 Å². The number of aromatic nitrogens is 1. The Morgan fingerprint density at radius 2 is 1.35 bits per heavy atom. The van der Waals surface area contributed by atoms with Crippen LogP contribution in [0.1, 0.15) is 54.9 Å². The van der Waals surface area contributed by atoms with E-state index in [2.05, 4.69) is 119 Å². The summed E-state index contributed by atoms with van der Waals surface area (Å²) in [4.78, 5) is 5.30. The van der Waals surface area contributed by atoms with Crippen LogP contribution in [-0.4, -0.2) is 4.98 Å². The third kappa shape index (κ3) is 5.52. The largest absolute Gasteiger partial charge is 0.247 e. The minimum atomic E-state index is 1.02. The van der Waals surface area contributed by atoms with E-state index in [1.54, 1.807) is 0 Å². The molecule has 37 heavy (non-hydrogen) atoms. The number of pyridine rings is 1. The molecule has 0 radical (unpaired) electrons. The SMILES string of the molecule is CCCCCCc1ccc(-c2cc(C)cc(-c3cc4ccccc4c(-c4c(C)cccc4C)n3)c2)cc1. The minimum absolute atomic E-state index is 1.02. The summed E-state index contributed by atoms with van der Waals surface area (Å²) in [5.74, 6) is 0. The van der Waals surface area contributed by atoms with Crippen molar-refractivity contribution < 1.29 is 0 Å². The van der Waals surface area contributed by atoms with Gasteiger partial charge in [-0.05, 0) is 90.6 Å². The Bertz CT molecular complexity index is 1500. The van der Waals surface area contributed by atoms with Crippen LogP contribution >= 0.6 is 0 Å². The molecule has 1 heteroatoms. The van der Waals surface area contributed by atoms with Crippen LogP contribution in [0.4, 0.5) is 0 Å². The third-order valence-corrected chi connectivity index (χ3v) is 7.44. The fraction of sp³-hybridized carbons (Fsp3) is 0.250. The molecule has 1 nitrogen and oxygen atoms in total. The first kappa shape index (κ1) is 25.0. The van der Waals surface area contributed by atoms with Gasteiger partial charge in [0.15, 0.2) is 0 Å². The molecule has 4 aromatic carbocycles.